The zero-order chi connectivity index (χ0) is 19.8. The van der Waals surface area contributed by atoms with Crippen molar-refractivity contribution in [2.75, 3.05) is 24.5 Å². The number of benzene rings is 1. The normalized spacial score (nSPS) is 18.5. The zero-order valence-electron chi connectivity index (χ0n) is 15.7. The number of aromatic amines is 1. The SMILES string of the molecule is O=C1NCCN1c1cccc(C(=O)N2CCc3[nH]cnc3C2c2ccccn2)c1. The van der Waals surface area contributed by atoms with E-state index in [0.717, 1.165) is 22.8 Å². The van der Waals surface area contributed by atoms with E-state index in [1.54, 1.807) is 29.6 Å². The van der Waals surface area contributed by atoms with Crippen LogP contribution in [0.5, 0.6) is 0 Å². The van der Waals surface area contributed by atoms with Gasteiger partial charge < -0.3 is 15.2 Å². The molecule has 2 N–H and O–H groups in total. The number of pyridine rings is 1. The fourth-order valence-corrected chi connectivity index (χ4v) is 4.02. The standard InChI is InChI=1S/C21H20N6O2/c28-20(14-4-3-5-15(12-14)26-11-9-23-21(26)29)27-10-7-16-18(25-13-24-16)19(27)17-6-1-2-8-22-17/h1-6,8,12-13,19H,7,9-11H2,(H,23,29)(H,24,25). The van der Waals surface area contributed by atoms with Crippen molar-refractivity contribution in [1.82, 2.24) is 25.2 Å². The van der Waals surface area contributed by atoms with Crippen LogP contribution in [0.2, 0.25) is 0 Å². The van der Waals surface area contributed by atoms with Crippen molar-refractivity contribution in [2.24, 2.45) is 0 Å². The minimum atomic E-state index is -0.350. The van der Waals surface area contributed by atoms with Crippen LogP contribution in [0, 0.1) is 0 Å². The largest absolute Gasteiger partial charge is 0.348 e. The highest BCUT2D eigenvalue weighted by Crippen LogP contribution is 2.33. The van der Waals surface area contributed by atoms with E-state index < -0.39 is 0 Å². The molecule has 2 aliphatic heterocycles. The van der Waals surface area contributed by atoms with Crippen molar-refractivity contribution in [3.63, 3.8) is 0 Å². The van der Waals surface area contributed by atoms with Gasteiger partial charge >= 0.3 is 6.03 Å². The Morgan fingerprint density at radius 2 is 2.03 bits per heavy atom. The smallest absolute Gasteiger partial charge is 0.321 e. The van der Waals surface area contributed by atoms with E-state index in [-0.39, 0.29) is 18.0 Å². The topological polar surface area (TPSA) is 94.2 Å². The molecular weight excluding hydrogens is 368 g/mol. The number of fused-ring (bicyclic) bond motifs is 1. The number of rotatable bonds is 3. The van der Waals surface area contributed by atoms with Gasteiger partial charge in [-0.3, -0.25) is 14.7 Å². The van der Waals surface area contributed by atoms with Crippen molar-refractivity contribution >= 4 is 17.6 Å². The molecule has 2 aliphatic rings. The van der Waals surface area contributed by atoms with Crippen LogP contribution in [0.25, 0.3) is 0 Å². The maximum absolute atomic E-state index is 13.5. The summed E-state index contributed by atoms with van der Waals surface area (Å²) >= 11 is 0. The lowest BCUT2D eigenvalue weighted by atomic mass is 9.98. The lowest BCUT2D eigenvalue weighted by Crippen LogP contribution is -2.41. The van der Waals surface area contributed by atoms with Crippen LogP contribution in [0.3, 0.4) is 0 Å². The van der Waals surface area contributed by atoms with E-state index in [2.05, 4.69) is 20.3 Å². The molecule has 0 spiro atoms. The van der Waals surface area contributed by atoms with E-state index in [0.29, 0.717) is 31.6 Å². The van der Waals surface area contributed by atoms with Gasteiger partial charge in [-0.2, -0.15) is 0 Å². The Balaban J connectivity index is 1.51. The number of hydrogen-bond acceptors (Lipinski definition) is 4. The van der Waals surface area contributed by atoms with Gasteiger partial charge in [-0.05, 0) is 30.3 Å². The van der Waals surface area contributed by atoms with E-state index in [4.69, 9.17) is 0 Å². The van der Waals surface area contributed by atoms with E-state index in [1.165, 1.54) is 0 Å². The first kappa shape index (κ1) is 17.4. The molecule has 3 aromatic rings. The highest BCUT2D eigenvalue weighted by Gasteiger charge is 2.35. The average Bonchev–Trinajstić information content (AvgIpc) is 3.42. The second-order valence-electron chi connectivity index (χ2n) is 7.11. The molecule has 0 bridgehead atoms. The number of nitrogens with zero attached hydrogens (tertiary/aromatic N) is 4. The lowest BCUT2D eigenvalue weighted by molar-refractivity contribution is 0.0687. The molecule has 1 atom stereocenters. The number of carbonyl (C=O) groups excluding carboxylic acids is 2. The monoisotopic (exact) mass is 388 g/mol. The Hall–Kier alpha value is -3.68. The molecule has 0 aliphatic carbocycles. The summed E-state index contributed by atoms with van der Waals surface area (Å²) in [5.74, 6) is -0.101. The van der Waals surface area contributed by atoms with E-state index in [9.17, 15) is 9.59 Å². The molecule has 29 heavy (non-hydrogen) atoms. The van der Waals surface area contributed by atoms with Crippen molar-refractivity contribution in [2.45, 2.75) is 12.5 Å². The third-order valence-corrected chi connectivity index (χ3v) is 5.42. The molecular formula is C21H20N6O2. The second-order valence-corrected chi connectivity index (χ2v) is 7.11. The fraction of sp³-hybridized carbons (Fsp3) is 0.238. The summed E-state index contributed by atoms with van der Waals surface area (Å²) < 4.78 is 0. The summed E-state index contributed by atoms with van der Waals surface area (Å²) in [5.41, 5.74) is 3.91. The Kier molecular flexibility index (Phi) is 4.23. The summed E-state index contributed by atoms with van der Waals surface area (Å²) in [4.78, 5) is 41.1. The Morgan fingerprint density at radius 3 is 2.83 bits per heavy atom. The van der Waals surface area contributed by atoms with Gasteiger partial charge in [-0.15, -0.1) is 0 Å². The summed E-state index contributed by atoms with van der Waals surface area (Å²) in [7, 11) is 0. The molecule has 0 radical (unpaired) electrons. The maximum Gasteiger partial charge on any atom is 0.321 e. The van der Waals surface area contributed by atoms with Gasteiger partial charge in [0.05, 0.1) is 17.7 Å². The number of carbonyl (C=O) groups is 2. The van der Waals surface area contributed by atoms with Gasteiger partial charge in [0.1, 0.15) is 6.04 Å². The molecule has 3 amide bonds. The molecule has 2 aromatic heterocycles. The van der Waals surface area contributed by atoms with Gasteiger partial charge in [-0.1, -0.05) is 12.1 Å². The molecule has 0 saturated carbocycles. The van der Waals surface area contributed by atoms with Crippen LogP contribution in [-0.4, -0.2) is 51.4 Å². The van der Waals surface area contributed by atoms with E-state index >= 15 is 0 Å². The van der Waals surface area contributed by atoms with Crippen LogP contribution < -0.4 is 10.2 Å². The molecule has 1 saturated heterocycles. The third kappa shape index (κ3) is 3.02. The minimum Gasteiger partial charge on any atom is -0.348 e. The number of hydrogen-bond donors (Lipinski definition) is 2. The van der Waals surface area contributed by atoms with Crippen LogP contribution in [0.4, 0.5) is 10.5 Å². The number of H-pyrrole nitrogens is 1. The first-order valence-corrected chi connectivity index (χ1v) is 9.62. The van der Waals surface area contributed by atoms with Crippen molar-refractivity contribution < 1.29 is 9.59 Å². The minimum absolute atomic E-state index is 0.101. The summed E-state index contributed by atoms with van der Waals surface area (Å²) in [6.07, 6.45) is 4.10. The number of urea groups is 1. The summed E-state index contributed by atoms with van der Waals surface area (Å²) in [6, 6.07) is 12.4. The van der Waals surface area contributed by atoms with Crippen molar-refractivity contribution in [3.8, 4) is 0 Å². The number of aromatic nitrogens is 3. The third-order valence-electron chi connectivity index (χ3n) is 5.42. The van der Waals surface area contributed by atoms with Gasteiger partial charge in [0.15, 0.2) is 0 Å². The first-order valence-electron chi connectivity index (χ1n) is 9.62. The Bertz CT molecular complexity index is 1060. The van der Waals surface area contributed by atoms with Crippen LogP contribution >= 0.6 is 0 Å². The molecule has 1 fully saturated rings. The van der Waals surface area contributed by atoms with Gasteiger partial charge in [0.25, 0.3) is 5.91 Å². The average molecular weight is 388 g/mol. The summed E-state index contributed by atoms with van der Waals surface area (Å²) in [6.45, 7) is 1.75. The van der Waals surface area contributed by atoms with Gasteiger partial charge in [0, 0.05) is 49.2 Å². The predicted molar refractivity (Wildman–Crippen MR) is 107 cm³/mol. The quantitative estimate of drug-likeness (QED) is 0.719. The number of nitrogens with one attached hydrogen (secondary N) is 2. The first-order chi connectivity index (χ1) is 14.2. The fourth-order valence-electron chi connectivity index (χ4n) is 4.02. The van der Waals surface area contributed by atoms with Crippen LogP contribution in [0.1, 0.15) is 33.5 Å². The van der Waals surface area contributed by atoms with Crippen LogP contribution in [-0.2, 0) is 6.42 Å². The highest BCUT2D eigenvalue weighted by atomic mass is 16.2. The van der Waals surface area contributed by atoms with Crippen molar-refractivity contribution in [1.29, 1.82) is 0 Å². The van der Waals surface area contributed by atoms with Gasteiger partial charge in [-0.25, -0.2) is 9.78 Å². The van der Waals surface area contributed by atoms with Crippen molar-refractivity contribution in [3.05, 3.63) is 77.6 Å². The number of imidazole rings is 1. The Labute approximate surface area is 167 Å². The predicted octanol–water partition coefficient (Wildman–Crippen LogP) is 2.12. The molecule has 5 rings (SSSR count). The maximum atomic E-state index is 13.5. The number of anilines is 1. The summed E-state index contributed by atoms with van der Waals surface area (Å²) in [5, 5.41) is 2.79. The second kappa shape index (κ2) is 7.05. The Morgan fingerprint density at radius 1 is 1.10 bits per heavy atom. The van der Waals surface area contributed by atoms with Gasteiger partial charge in [0.2, 0.25) is 0 Å². The van der Waals surface area contributed by atoms with Crippen LogP contribution in [0.15, 0.2) is 55.0 Å². The molecule has 1 aromatic carbocycles. The highest BCUT2D eigenvalue weighted by molar-refractivity contribution is 5.98. The number of amides is 3. The molecule has 8 nitrogen and oxygen atoms in total. The zero-order valence-corrected chi connectivity index (χ0v) is 15.7. The molecule has 146 valence electrons. The lowest BCUT2D eigenvalue weighted by Gasteiger charge is -2.34. The van der Waals surface area contributed by atoms with E-state index in [1.807, 2.05) is 35.2 Å². The molecule has 8 heteroatoms. The molecule has 4 heterocycles. The molecule has 1 unspecified atom stereocenters.